The predicted octanol–water partition coefficient (Wildman–Crippen LogP) is 2.05. The van der Waals surface area contributed by atoms with Gasteiger partial charge in [0, 0.05) is 44.1 Å². The van der Waals surface area contributed by atoms with Crippen molar-refractivity contribution in [3.05, 3.63) is 66.0 Å². The first-order chi connectivity index (χ1) is 13.1. The topological polar surface area (TPSA) is 65.5 Å². The van der Waals surface area contributed by atoms with Gasteiger partial charge in [-0.15, -0.1) is 0 Å². The Morgan fingerprint density at radius 1 is 1.07 bits per heavy atom. The molecule has 0 spiro atoms. The number of hydrogen-bond donors (Lipinski definition) is 1. The third kappa shape index (κ3) is 5.76. The fourth-order valence-electron chi connectivity index (χ4n) is 2.87. The Morgan fingerprint density at radius 2 is 1.81 bits per heavy atom. The summed E-state index contributed by atoms with van der Waals surface area (Å²) in [4.78, 5) is 32.6. The maximum atomic E-state index is 12.4. The minimum Gasteiger partial charge on any atom is -0.340 e. The van der Waals surface area contributed by atoms with E-state index in [0.717, 1.165) is 37.4 Å². The lowest BCUT2D eigenvalue weighted by molar-refractivity contribution is -0.132. The largest absolute Gasteiger partial charge is 0.340 e. The Balaban J connectivity index is 1.50. The summed E-state index contributed by atoms with van der Waals surface area (Å²) in [5, 5.41) is 2.81. The van der Waals surface area contributed by atoms with Crippen LogP contribution in [0.5, 0.6) is 0 Å². The van der Waals surface area contributed by atoms with E-state index in [9.17, 15) is 9.59 Å². The van der Waals surface area contributed by atoms with Crippen LogP contribution in [0.4, 0.5) is 5.69 Å². The summed E-state index contributed by atoms with van der Waals surface area (Å²) in [5.74, 6) is -0.0694. The van der Waals surface area contributed by atoms with Crippen molar-refractivity contribution >= 4 is 23.6 Å². The average Bonchev–Trinajstić information content (AvgIpc) is 2.69. The zero-order chi connectivity index (χ0) is 19.1. The Kier molecular flexibility index (Phi) is 6.33. The molecule has 6 heteroatoms. The van der Waals surface area contributed by atoms with Crippen LogP contribution in [-0.2, 0) is 16.0 Å². The van der Waals surface area contributed by atoms with Gasteiger partial charge < -0.3 is 15.1 Å². The minimum atomic E-state index is -0.220. The smallest absolute Gasteiger partial charge is 0.248 e. The van der Waals surface area contributed by atoms with Crippen molar-refractivity contribution in [2.75, 3.05) is 38.5 Å². The number of aromatic nitrogens is 1. The van der Waals surface area contributed by atoms with Gasteiger partial charge in [-0.2, -0.15) is 0 Å². The van der Waals surface area contributed by atoms with E-state index in [1.54, 1.807) is 12.3 Å². The zero-order valence-electron chi connectivity index (χ0n) is 15.5. The first-order valence-electron chi connectivity index (χ1n) is 9.05. The Hall–Kier alpha value is -2.99. The van der Waals surface area contributed by atoms with E-state index in [0.29, 0.717) is 12.1 Å². The van der Waals surface area contributed by atoms with Crippen molar-refractivity contribution in [3.63, 3.8) is 0 Å². The number of rotatable bonds is 5. The number of pyridine rings is 1. The van der Waals surface area contributed by atoms with Crippen LogP contribution in [0.3, 0.4) is 0 Å². The molecule has 27 heavy (non-hydrogen) atoms. The van der Waals surface area contributed by atoms with E-state index in [-0.39, 0.29) is 11.8 Å². The van der Waals surface area contributed by atoms with E-state index in [1.165, 1.54) is 6.08 Å². The number of anilines is 1. The SMILES string of the molecule is CN1CCN(C(=O)Cc2ccc(NC(=O)/C=C/c3ccccn3)cc2)CC1. The van der Waals surface area contributed by atoms with Gasteiger partial charge in [-0.05, 0) is 43.0 Å². The van der Waals surface area contributed by atoms with Crippen molar-refractivity contribution in [2.45, 2.75) is 6.42 Å². The molecule has 1 aromatic carbocycles. The molecule has 0 unspecified atom stereocenters. The maximum Gasteiger partial charge on any atom is 0.248 e. The molecule has 1 saturated heterocycles. The number of benzene rings is 1. The summed E-state index contributed by atoms with van der Waals surface area (Å²) >= 11 is 0. The fraction of sp³-hybridized carbons (Fsp3) is 0.286. The van der Waals surface area contributed by atoms with Crippen LogP contribution in [0.15, 0.2) is 54.7 Å². The molecule has 2 aromatic rings. The lowest BCUT2D eigenvalue weighted by Crippen LogP contribution is -2.47. The van der Waals surface area contributed by atoms with Crippen molar-refractivity contribution < 1.29 is 9.59 Å². The molecule has 1 N–H and O–H groups in total. The molecule has 1 aromatic heterocycles. The summed E-state index contributed by atoms with van der Waals surface area (Å²) in [6.45, 7) is 3.41. The number of piperazine rings is 1. The van der Waals surface area contributed by atoms with Crippen LogP contribution in [0.1, 0.15) is 11.3 Å². The van der Waals surface area contributed by atoms with Crippen LogP contribution >= 0.6 is 0 Å². The normalized spacial score (nSPS) is 15.1. The molecule has 2 heterocycles. The van der Waals surface area contributed by atoms with Gasteiger partial charge >= 0.3 is 0 Å². The van der Waals surface area contributed by atoms with Crippen LogP contribution in [-0.4, -0.2) is 59.8 Å². The van der Waals surface area contributed by atoms with Crippen molar-refractivity contribution in [3.8, 4) is 0 Å². The molecule has 140 valence electrons. The maximum absolute atomic E-state index is 12.4. The first kappa shape index (κ1) is 18.8. The highest BCUT2D eigenvalue weighted by atomic mass is 16.2. The van der Waals surface area contributed by atoms with Crippen LogP contribution in [0.2, 0.25) is 0 Å². The summed E-state index contributed by atoms with van der Waals surface area (Å²) in [6.07, 6.45) is 5.18. The monoisotopic (exact) mass is 364 g/mol. The molecule has 0 radical (unpaired) electrons. The highest BCUT2D eigenvalue weighted by Crippen LogP contribution is 2.12. The number of carbonyl (C=O) groups excluding carboxylic acids is 2. The third-order valence-electron chi connectivity index (χ3n) is 4.53. The van der Waals surface area contributed by atoms with Crippen LogP contribution in [0, 0.1) is 0 Å². The highest BCUT2D eigenvalue weighted by molar-refractivity contribution is 6.01. The zero-order valence-corrected chi connectivity index (χ0v) is 15.5. The van der Waals surface area contributed by atoms with Gasteiger partial charge in [0.15, 0.2) is 0 Å². The predicted molar refractivity (Wildman–Crippen MR) is 106 cm³/mol. The Morgan fingerprint density at radius 3 is 2.48 bits per heavy atom. The van der Waals surface area contributed by atoms with Gasteiger partial charge in [0.1, 0.15) is 0 Å². The standard InChI is InChI=1S/C21H24N4O2/c1-24-12-14-25(15-13-24)21(27)16-17-5-7-19(8-6-17)23-20(26)10-9-18-4-2-3-11-22-18/h2-11H,12-16H2,1H3,(H,23,26)/b10-9+. The van der Waals surface area contributed by atoms with Gasteiger partial charge in [0.05, 0.1) is 12.1 Å². The molecule has 6 nitrogen and oxygen atoms in total. The first-order valence-corrected chi connectivity index (χ1v) is 9.05. The molecule has 2 amide bonds. The molecule has 0 bridgehead atoms. The van der Waals surface area contributed by atoms with Crippen LogP contribution in [0.25, 0.3) is 6.08 Å². The fourth-order valence-corrected chi connectivity index (χ4v) is 2.87. The second-order valence-electron chi connectivity index (χ2n) is 6.63. The number of nitrogens with zero attached hydrogens (tertiary/aromatic N) is 3. The van der Waals surface area contributed by atoms with E-state index < -0.39 is 0 Å². The summed E-state index contributed by atoms with van der Waals surface area (Å²) in [6, 6.07) is 12.9. The van der Waals surface area contributed by atoms with Gasteiger partial charge in [-0.3, -0.25) is 14.6 Å². The number of hydrogen-bond acceptors (Lipinski definition) is 4. The molecule has 3 rings (SSSR count). The molecular formula is C21H24N4O2. The van der Waals surface area contributed by atoms with Crippen LogP contribution < -0.4 is 5.32 Å². The Bertz CT molecular complexity index is 795. The quantitative estimate of drug-likeness (QED) is 0.825. The molecular weight excluding hydrogens is 340 g/mol. The number of likely N-dealkylation sites (N-methyl/N-ethyl adjacent to an activating group) is 1. The second kappa shape index (κ2) is 9.09. The number of nitrogens with one attached hydrogen (secondary N) is 1. The van der Waals surface area contributed by atoms with E-state index >= 15 is 0 Å². The molecule has 0 atom stereocenters. The van der Waals surface area contributed by atoms with Gasteiger partial charge in [-0.1, -0.05) is 18.2 Å². The van der Waals surface area contributed by atoms with Crippen molar-refractivity contribution in [1.29, 1.82) is 0 Å². The number of carbonyl (C=O) groups is 2. The van der Waals surface area contributed by atoms with Crippen molar-refractivity contribution in [2.24, 2.45) is 0 Å². The lowest BCUT2D eigenvalue weighted by atomic mass is 10.1. The molecule has 1 aliphatic heterocycles. The highest BCUT2D eigenvalue weighted by Gasteiger charge is 2.18. The van der Waals surface area contributed by atoms with E-state index in [1.807, 2.05) is 47.4 Å². The molecule has 0 aliphatic carbocycles. The van der Waals surface area contributed by atoms with E-state index in [2.05, 4.69) is 22.2 Å². The molecule has 1 aliphatic rings. The van der Waals surface area contributed by atoms with Gasteiger partial charge in [-0.25, -0.2) is 0 Å². The second-order valence-corrected chi connectivity index (χ2v) is 6.63. The van der Waals surface area contributed by atoms with Gasteiger partial charge in [0.25, 0.3) is 0 Å². The summed E-state index contributed by atoms with van der Waals surface area (Å²) < 4.78 is 0. The van der Waals surface area contributed by atoms with E-state index in [4.69, 9.17) is 0 Å². The third-order valence-corrected chi connectivity index (χ3v) is 4.53. The average molecular weight is 364 g/mol. The lowest BCUT2D eigenvalue weighted by Gasteiger charge is -2.32. The van der Waals surface area contributed by atoms with Gasteiger partial charge in [0.2, 0.25) is 11.8 Å². The molecule has 0 saturated carbocycles. The number of amides is 2. The Labute approximate surface area is 159 Å². The summed E-state index contributed by atoms with van der Waals surface area (Å²) in [7, 11) is 2.07. The molecule has 1 fully saturated rings. The van der Waals surface area contributed by atoms with Crippen molar-refractivity contribution in [1.82, 2.24) is 14.8 Å². The minimum absolute atomic E-state index is 0.151. The summed E-state index contributed by atoms with van der Waals surface area (Å²) in [5.41, 5.74) is 2.37.